The van der Waals surface area contributed by atoms with Crippen LogP contribution in [0.1, 0.15) is 17.2 Å². The van der Waals surface area contributed by atoms with Gasteiger partial charge in [-0.2, -0.15) is 0 Å². The monoisotopic (exact) mass is 342 g/mol. The molecule has 0 aliphatic carbocycles. The Morgan fingerprint density at radius 1 is 0.652 bits per heavy atom. The Labute approximate surface area is 143 Å². The summed E-state index contributed by atoms with van der Waals surface area (Å²) in [7, 11) is -1.00. The summed E-state index contributed by atoms with van der Waals surface area (Å²) in [6.07, 6.45) is 0.0286. The van der Waals surface area contributed by atoms with E-state index in [2.05, 4.69) is 87.8 Å². The summed E-state index contributed by atoms with van der Waals surface area (Å²) in [6, 6.07) is 17.7. The summed E-state index contributed by atoms with van der Waals surface area (Å²) in [4.78, 5) is 0. The van der Waals surface area contributed by atoms with Crippen LogP contribution >= 0.6 is 0 Å². The van der Waals surface area contributed by atoms with Gasteiger partial charge in [0.05, 0.1) is 16.1 Å². The summed E-state index contributed by atoms with van der Waals surface area (Å²) in [6.45, 7) is 14.4. The second kappa shape index (κ2) is 6.75. The van der Waals surface area contributed by atoms with Gasteiger partial charge in [-0.3, -0.25) is 0 Å². The molecule has 0 fully saturated rings. The van der Waals surface area contributed by atoms with Crippen LogP contribution in [0, 0.1) is 0 Å². The molecule has 2 rings (SSSR count). The third-order valence-corrected chi connectivity index (χ3v) is 8.48. The number of benzene rings is 2. The molecule has 0 aromatic heterocycles. The molecule has 0 aliphatic heterocycles. The summed E-state index contributed by atoms with van der Waals surface area (Å²) in [5.74, 6) is 0. The van der Waals surface area contributed by atoms with Crippen LogP contribution in [0.3, 0.4) is 0 Å². The average molecular weight is 343 g/mol. The van der Waals surface area contributed by atoms with E-state index in [-0.39, 0.29) is 6.10 Å². The highest BCUT2D eigenvalue weighted by atomic mass is 28.3. The predicted octanol–water partition coefficient (Wildman–Crippen LogP) is 4.51. The summed E-state index contributed by atoms with van der Waals surface area (Å²) >= 11 is 0. The molecule has 0 atom stereocenters. The van der Waals surface area contributed by atoms with Crippen LogP contribution < -0.4 is 10.4 Å². The van der Waals surface area contributed by atoms with Crippen LogP contribution in [0.4, 0.5) is 0 Å². The zero-order chi connectivity index (χ0) is 17.3. The SMILES string of the molecule is COC(c1ccccc1[Si](C)(C)C)c1ccccc1[Si](C)(C)C. The summed E-state index contributed by atoms with van der Waals surface area (Å²) in [5.41, 5.74) is 2.69. The van der Waals surface area contributed by atoms with Gasteiger partial charge in [-0.25, -0.2) is 0 Å². The maximum Gasteiger partial charge on any atom is 0.107 e. The fourth-order valence-electron chi connectivity index (χ4n) is 3.24. The molecule has 2 aromatic rings. The Balaban J connectivity index is 2.64. The number of hydrogen-bond donors (Lipinski definition) is 0. The number of rotatable bonds is 5. The second-order valence-electron chi connectivity index (χ2n) is 8.29. The molecule has 0 radical (unpaired) electrons. The Kier molecular flexibility index (Phi) is 5.34. The van der Waals surface area contributed by atoms with Crippen molar-refractivity contribution in [3.63, 3.8) is 0 Å². The van der Waals surface area contributed by atoms with E-state index in [1.807, 2.05) is 7.11 Å². The van der Waals surface area contributed by atoms with Crippen LogP contribution in [-0.4, -0.2) is 23.3 Å². The Morgan fingerprint density at radius 2 is 1.00 bits per heavy atom. The van der Waals surface area contributed by atoms with E-state index in [0.717, 1.165) is 0 Å². The van der Waals surface area contributed by atoms with Crippen LogP contribution in [0.15, 0.2) is 48.5 Å². The van der Waals surface area contributed by atoms with E-state index in [4.69, 9.17) is 4.74 Å². The molecule has 0 spiro atoms. The molecule has 0 aliphatic rings. The van der Waals surface area contributed by atoms with Crippen molar-refractivity contribution in [2.45, 2.75) is 45.4 Å². The van der Waals surface area contributed by atoms with E-state index in [1.54, 1.807) is 0 Å². The summed E-state index contributed by atoms with van der Waals surface area (Å²) < 4.78 is 6.04. The minimum Gasteiger partial charge on any atom is -0.372 e. The molecule has 0 bridgehead atoms. The first-order valence-electron chi connectivity index (χ1n) is 8.38. The lowest BCUT2D eigenvalue weighted by Gasteiger charge is -2.29. The van der Waals surface area contributed by atoms with Gasteiger partial charge in [0.1, 0.15) is 6.10 Å². The largest absolute Gasteiger partial charge is 0.372 e. The summed E-state index contributed by atoms with van der Waals surface area (Å²) in [5, 5.41) is 2.99. The third kappa shape index (κ3) is 4.03. The zero-order valence-electron chi connectivity index (χ0n) is 15.6. The van der Waals surface area contributed by atoms with Gasteiger partial charge in [0.2, 0.25) is 0 Å². The van der Waals surface area contributed by atoms with Crippen molar-refractivity contribution in [2.24, 2.45) is 0 Å². The van der Waals surface area contributed by atoms with Crippen molar-refractivity contribution in [2.75, 3.05) is 7.11 Å². The Bertz CT molecular complexity index is 608. The number of hydrogen-bond acceptors (Lipinski definition) is 1. The smallest absolute Gasteiger partial charge is 0.107 e. The van der Waals surface area contributed by atoms with E-state index in [0.29, 0.717) is 0 Å². The quantitative estimate of drug-likeness (QED) is 0.726. The van der Waals surface area contributed by atoms with Crippen molar-refractivity contribution >= 4 is 26.5 Å². The van der Waals surface area contributed by atoms with Gasteiger partial charge in [-0.1, -0.05) is 98.2 Å². The molecule has 2 aromatic carbocycles. The van der Waals surface area contributed by atoms with Gasteiger partial charge in [0.25, 0.3) is 0 Å². The maximum atomic E-state index is 6.04. The standard InChI is InChI=1S/C20H30OSi2/c1-21-20(16-12-8-10-14-18(16)22(2,3)4)17-13-9-11-15-19(17)23(5,6)7/h8-15,20H,1-7H3. The minimum absolute atomic E-state index is 0.0286. The third-order valence-electron chi connectivity index (χ3n) is 4.34. The first-order chi connectivity index (χ1) is 10.7. The molecule has 0 saturated carbocycles. The highest BCUT2D eigenvalue weighted by Gasteiger charge is 2.29. The molecule has 0 amide bonds. The molecule has 23 heavy (non-hydrogen) atoms. The molecular formula is C20H30OSi2. The maximum absolute atomic E-state index is 6.04. The van der Waals surface area contributed by atoms with Crippen molar-refractivity contribution < 1.29 is 4.74 Å². The Hall–Kier alpha value is -1.17. The Morgan fingerprint density at radius 3 is 1.30 bits per heavy atom. The second-order valence-corrected chi connectivity index (χ2v) is 18.4. The van der Waals surface area contributed by atoms with E-state index < -0.39 is 16.1 Å². The van der Waals surface area contributed by atoms with Crippen LogP contribution in [0.2, 0.25) is 39.3 Å². The normalized spacial score (nSPS) is 12.7. The van der Waals surface area contributed by atoms with E-state index in [1.165, 1.54) is 21.5 Å². The van der Waals surface area contributed by atoms with E-state index in [9.17, 15) is 0 Å². The van der Waals surface area contributed by atoms with Crippen LogP contribution in [0.25, 0.3) is 0 Å². The van der Waals surface area contributed by atoms with Crippen molar-refractivity contribution in [3.8, 4) is 0 Å². The number of ether oxygens (including phenoxy) is 1. The topological polar surface area (TPSA) is 9.23 Å². The molecular weight excluding hydrogens is 312 g/mol. The van der Waals surface area contributed by atoms with Gasteiger partial charge < -0.3 is 4.74 Å². The fraction of sp³-hybridized carbons (Fsp3) is 0.400. The van der Waals surface area contributed by atoms with Crippen LogP contribution in [0.5, 0.6) is 0 Å². The lowest BCUT2D eigenvalue weighted by atomic mass is 10.0. The zero-order valence-corrected chi connectivity index (χ0v) is 17.6. The van der Waals surface area contributed by atoms with Gasteiger partial charge in [-0.15, -0.1) is 0 Å². The predicted molar refractivity (Wildman–Crippen MR) is 108 cm³/mol. The highest BCUT2D eigenvalue weighted by Crippen LogP contribution is 2.26. The molecule has 3 heteroatoms. The van der Waals surface area contributed by atoms with Crippen molar-refractivity contribution in [1.29, 1.82) is 0 Å². The van der Waals surface area contributed by atoms with Crippen LogP contribution in [-0.2, 0) is 4.74 Å². The molecule has 0 heterocycles. The molecule has 124 valence electrons. The van der Waals surface area contributed by atoms with E-state index >= 15 is 0 Å². The molecule has 0 unspecified atom stereocenters. The minimum atomic E-state index is -1.42. The van der Waals surface area contributed by atoms with Crippen molar-refractivity contribution in [1.82, 2.24) is 0 Å². The molecule has 0 saturated heterocycles. The fourth-order valence-corrected chi connectivity index (χ4v) is 6.59. The first-order valence-corrected chi connectivity index (χ1v) is 15.4. The molecule has 1 nitrogen and oxygen atoms in total. The van der Waals surface area contributed by atoms with Gasteiger partial charge >= 0.3 is 0 Å². The van der Waals surface area contributed by atoms with Gasteiger partial charge in [-0.05, 0) is 11.1 Å². The lowest BCUT2D eigenvalue weighted by Crippen LogP contribution is -2.44. The lowest BCUT2D eigenvalue weighted by molar-refractivity contribution is 0.138. The first kappa shape index (κ1) is 18.2. The average Bonchev–Trinajstić information content (AvgIpc) is 2.47. The molecule has 0 N–H and O–H groups in total. The van der Waals surface area contributed by atoms with Gasteiger partial charge in [0, 0.05) is 7.11 Å². The highest BCUT2D eigenvalue weighted by molar-refractivity contribution is 6.89. The number of methoxy groups -OCH3 is 1. The van der Waals surface area contributed by atoms with Crippen molar-refractivity contribution in [3.05, 3.63) is 59.7 Å². The van der Waals surface area contributed by atoms with Gasteiger partial charge in [0.15, 0.2) is 0 Å².